The summed E-state index contributed by atoms with van der Waals surface area (Å²) in [7, 11) is 0. The zero-order valence-corrected chi connectivity index (χ0v) is 18.7. The monoisotopic (exact) mass is 449 g/mol. The highest BCUT2D eigenvalue weighted by Gasteiger charge is 2.10. The summed E-state index contributed by atoms with van der Waals surface area (Å²) in [6.07, 6.45) is 5.39. The number of benzene rings is 3. The van der Waals surface area contributed by atoms with E-state index in [0.717, 1.165) is 36.6 Å². The summed E-state index contributed by atoms with van der Waals surface area (Å²) >= 11 is 6.40. The maximum Gasteiger partial charge on any atom is 0.0491 e. The lowest BCUT2D eigenvalue weighted by Crippen LogP contribution is -2.16. The molecule has 5 heteroatoms. The number of rotatable bonds is 7. The van der Waals surface area contributed by atoms with Crippen molar-refractivity contribution in [1.29, 1.82) is 0 Å². The maximum atomic E-state index is 6.40. The largest absolute Gasteiger partial charge is 0.361 e. The number of para-hydroxylation sites is 2. The summed E-state index contributed by atoms with van der Waals surface area (Å²) in [5.74, 6) is 0. The van der Waals surface area contributed by atoms with Gasteiger partial charge in [-0.3, -0.25) is 0 Å². The third kappa shape index (κ3) is 4.49. The molecule has 0 spiro atoms. The molecule has 2 N–H and O–H groups in total. The van der Waals surface area contributed by atoms with Crippen LogP contribution in [-0.4, -0.2) is 16.1 Å². The number of H-pyrrole nitrogens is 1. The molecule has 3 nitrogen and oxygen atoms in total. The van der Waals surface area contributed by atoms with E-state index in [1.165, 1.54) is 32.9 Å². The van der Waals surface area contributed by atoms with Gasteiger partial charge in [0.25, 0.3) is 0 Å². The van der Waals surface area contributed by atoms with Crippen LogP contribution in [0.4, 0.5) is 0 Å². The van der Waals surface area contributed by atoms with E-state index in [4.69, 9.17) is 11.6 Å². The fraction of sp³-hybridized carbons (Fsp3) is 0.154. The summed E-state index contributed by atoms with van der Waals surface area (Å²) in [6, 6.07) is 25.1. The molecule has 0 saturated heterocycles. The molecular formula is C26H25Cl2N3. The summed E-state index contributed by atoms with van der Waals surface area (Å²) in [6.45, 7) is 2.56. The van der Waals surface area contributed by atoms with Crippen molar-refractivity contribution >= 4 is 45.8 Å². The van der Waals surface area contributed by atoms with Gasteiger partial charge in [0.1, 0.15) is 0 Å². The van der Waals surface area contributed by atoms with Crippen LogP contribution in [0.1, 0.15) is 16.7 Å². The van der Waals surface area contributed by atoms with E-state index < -0.39 is 0 Å². The van der Waals surface area contributed by atoms with Crippen LogP contribution < -0.4 is 5.32 Å². The average molecular weight is 450 g/mol. The van der Waals surface area contributed by atoms with E-state index in [-0.39, 0.29) is 12.4 Å². The second kappa shape index (κ2) is 9.61. The molecule has 0 aliphatic carbocycles. The number of hydrogen-bond acceptors (Lipinski definition) is 1. The van der Waals surface area contributed by atoms with Gasteiger partial charge in [0.15, 0.2) is 0 Å². The predicted molar refractivity (Wildman–Crippen MR) is 133 cm³/mol. The van der Waals surface area contributed by atoms with Crippen LogP contribution in [-0.2, 0) is 19.5 Å². The van der Waals surface area contributed by atoms with Crippen molar-refractivity contribution in [2.24, 2.45) is 0 Å². The molecular weight excluding hydrogens is 425 g/mol. The van der Waals surface area contributed by atoms with E-state index in [9.17, 15) is 0 Å². The molecule has 3 aromatic carbocycles. The minimum absolute atomic E-state index is 0. The lowest BCUT2D eigenvalue weighted by molar-refractivity contribution is 0.688. The van der Waals surface area contributed by atoms with Crippen molar-refractivity contribution in [2.45, 2.75) is 19.5 Å². The quantitative estimate of drug-likeness (QED) is 0.270. The molecule has 5 aromatic rings. The van der Waals surface area contributed by atoms with E-state index in [1.807, 2.05) is 18.2 Å². The van der Waals surface area contributed by atoms with Gasteiger partial charge in [-0.15, -0.1) is 12.4 Å². The minimum Gasteiger partial charge on any atom is -0.361 e. The molecule has 2 heterocycles. The highest BCUT2D eigenvalue weighted by atomic mass is 35.5. The molecule has 31 heavy (non-hydrogen) atoms. The van der Waals surface area contributed by atoms with Crippen molar-refractivity contribution in [2.75, 3.05) is 6.54 Å². The molecule has 0 bridgehead atoms. The van der Waals surface area contributed by atoms with Crippen molar-refractivity contribution in [3.63, 3.8) is 0 Å². The van der Waals surface area contributed by atoms with Gasteiger partial charge in [0, 0.05) is 52.3 Å². The highest BCUT2D eigenvalue weighted by Crippen LogP contribution is 2.24. The van der Waals surface area contributed by atoms with Crippen LogP contribution in [0.3, 0.4) is 0 Å². The normalized spacial score (nSPS) is 11.1. The smallest absolute Gasteiger partial charge is 0.0491 e. The Morgan fingerprint density at radius 1 is 0.806 bits per heavy atom. The summed E-state index contributed by atoms with van der Waals surface area (Å²) < 4.78 is 2.30. The Labute approximate surface area is 193 Å². The van der Waals surface area contributed by atoms with Crippen LogP contribution >= 0.6 is 24.0 Å². The molecule has 0 radical (unpaired) electrons. The van der Waals surface area contributed by atoms with Crippen molar-refractivity contribution < 1.29 is 0 Å². The zero-order valence-electron chi connectivity index (χ0n) is 17.1. The number of aromatic nitrogens is 2. The number of fused-ring (bicyclic) bond motifs is 2. The Bertz CT molecular complexity index is 1300. The fourth-order valence-electron chi connectivity index (χ4n) is 4.19. The maximum absolute atomic E-state index is 6.40. The summed E-state index contributed by atoms with van der Waals surface area (Å²) in [5, 5.41) is 7.06. The lowest BCUT2D eigenvalue weighted by Gasteiger charge is -2.07. The highest BCUT2D eigenvalue weighted by molar-refractivity contribution is 6.31. The third-order valence-corrected chi connectivity index (χ3v) is 6.10. The number of nitrogens with zero attached hydrogens (tertiary/aromatic N) is 1. The first-order chi connectivity index (χ1) is 14.8. The van der Waals surface area contributed by atoms with E-state index in [0.29, 0.717) is 0 Å². The molecule has 0 fully saturated rings. The molecule has 2 aromatic heterocycles. The SMILES string of the molecule is Cl.Clc1ccccc1Cn1cc(CNCCc2c[nH]c3ccccc23)c2ccccc21. The first kappa shape index (κ1) is 21.5. The lowest BCUT2D eigenvalue weighted by atomic mass is 10.1. The van der Waals surface area contributed by atoms with Crippen LogP contribution in [0.25, 0.3) is 21.8 Å². The fourth-order valence-corrected chi connectivity index (χ4v) is 4.38. The van der Waals surface area contributed by atoms with Gasteiger partial charge in [-0.2, -0.15) is 0 Å². The Morgan fingerprint density at radius 3 is 2.42 bits per heavy atom. The van der Waals surface area contributed by atoms with Crippen LogP contribution in [0.15, 0.2) is 85.2 Å². The molecule has 0 aliphatic heterocycles. The molecule has 5 rings (SSSR count). The van der Waals surface area contributed by atoms with Crippen LogP contribution in [0.5, 0.6) is 0 Å². The first-order valence-corrected chi connectivity index (χ1v) is 10.7. The van der Waals surface area contributed by atoms with Gasteiger partial charge in [-0.25, -0.2) is 0 Å². The standard InChI is InChI=1S/C26H24ClN3.ClH/c27-24-10-4-1-7-20(24)17-30-18-21(23-9-3-6-12-26(23)30)15-28-14-13-19-16-29-25-11-5-2-8-22(19)25;/h1-12,16,18,28-29H,13-15,17H2;1H. The van der Waals surface area contributed by atoms with Crippen LogP contribution in [0.2, 0.25) is 5.02 Å². The number of aromatic amines is 1. The van der Waals surface area contributed by atoms with Gasteiger partial charge < -0.3 is 14.9 Å². The van der Waals surface area contributed by atoms with Crippen LogP contribution in [0, 0.1) is 0 Å². The molecule has 0 aliphatic rings. The molecule has 0 atom stereocenters. The second-order valence-corrected chi connectivity index (χ2v) is 8.08. The van der Waals surface area contributed by atoms with Crippen molar-refractivity contribution in [3.05, 3.63) is 107 Å². The Balaban J connectivity index is 0.00000231. The number of hydrogen-bond donors (Lipinski definition) is 2. The van der Waals surface area contributed by atoms with E-state index in [1.54, 1.807) is 0 Å². The number of halogens is 2. The van der Waals surface area contributed by atoms with Gasteiger partial charge >= 0.3 is 0 Å². The zero-order chi connectivity index (χ0) is 20.3. The third-order valence-electron chi connectivity index (χ3n) is 5.73. The molecule has 0 saturated carbocycles. The number of nitrogens with one attached hydrogen (secondary N) is 2. The minimum atomic E-state index is 0. The Morgan fingerprint density at radius 2 is 1.55 bits per heavy atom. The average Bonchev–Trinajstić information content (AvgIpc) is 3.35. The van der Waals surface area contributed by atoms with Gasteiger partial charge in [-0.05, 0) is 47.9 Å². The summed E-state index contributed by atoms with van der Waals surface area (Å²) in [5.41, 5.74) is 6.26. The van der Waals surface area contributed by atoms with Gasteiger partial charge in [0.2, 0.25) is 0 Å². The summed E-state index contributed by atoms with van der Waals surface area (Å²) in [4.78, 5) is 3.36. The van der Waals surface area contributed by atoms with Crippen molar-refractivity contribution in [3.8, 4) is 0 Å². The Hall–Kier alpha value is -2.72. The second-order valence-electron chi connectivity index (χ2n) is 7.68. The van der Waals surface area contributed by atoms with E-state index >= 15 is 0 Å². The van der Waals surface area contributed by atoms with Gasteiger partial charge in [0.05, 0.1) is 0 Å². The molecule has 0 unspecified atom stereocenters. The first-order valence-electron chi connectivity index (χ1n) is 10.4. The topological polar surface area (TPSA) is 32.8 Å². The Kier molecular flexibility index (Phi) is 6.67. The van der Waals surface area contributed by atoms with Crippen molar-refractivity contribution in [1.82, 2.24) is 14.9 Å². The molecule has 0 amide bonds. The van der Waals surface area contributed by atoms with Gasteiger partial charge in [-0.1, -0.05) is 66.2 Å². The van der Waals surface area contributed by atoms with E-state index in [2.05, 4.69) is 81.9 Å². The molecule has 158 valence electrons. The predicted octanol–water partition coefficient (Wildman–Crippen LogP) is 6.58.